The zero-order chi connectivity index (χ0) is 19.8. The fraction of sp³-hybridized carbons (Fsp3) is 0.591. The van der Waals surface area contributed by atoms with Crippen molar-refractivity contribution in [1.29, 1.82) is 0 Å². The van der Waals surface area contributed by atoms with Gasteiger partial charge in [0, 0.05) is 18.5 Å². The lowest BCUT2D eigenvalue weighted by atomic mass is 9.53. The summed E-state index contributed by atoms with van der Waals surface area (Å²) in [5.41, 5.74) is 1.85. The third-order valence-electron chi connectivity index (χ3n) is 6.95. The molecule has 0 atom stereocenters. The lowest BCUT2D eigenvalue weighted by Crippen LogP contribution is -2.61. The third-order valence-corrected chi connectivity index (χ3v) is 6.95. The molecule has 1 aromatic heterocycles. The maximum Gasteiger partial charge on any atom is 0.315 e. The minimum Gasteiger partial charge on any atom is -0.349 e. The zero-order valence-electron chi connectivity index (χ0n) is 16.7. The molecule has 0 spiro atoms. The molecule has 4 bridgehead atoms. The first-order valence-electron chi connectivity index (χ1n) is 10.8. The minimum atomic E-state index is -0.128. The molecule has 2 aromatic rings. The monoisotopic (exact) mass is 395 g/mol. The van der Waals surface area contributed by atoms with E-state index < -0.39 is 0 Å². The van der Waals surface area contributed by atoms with E-state index in [4.69, 9.17) is 0 Å². The predicted molar refractivity (Wildman–Crippen MR) is 110 cm³/mol. The number of amides is 3. The number of fused-ring (bicyclic) bond motifs is 1. The van der Waals surface area contributed by atoms with E-state index >= 15 is 0 Å². The van der Waals surface area contributed by atoms with Gasteiger partial charge >= 0.3 is 6.03 Å². The van der Waals surface area contributed by atoms with Crippen molar-refractivity contribution in [2.24, 2.45) is 17.8 Å². The van der Waals surface area contributed by atoms with E-state index in [1.165, 1.54) is 19.3 Å². The first-order chi connectivity index (χ1) is 14.1. The second kappa shape index (κ2) is 7.35. The molecule has 154 valence electrons. The topological polar surface area (TPSA) is 98.9 Å². The molecular weight excluding hydrogens is 366 g/mol. The largest absolute Gasteiger partial charge is 0.349 e. The van der Waals surface area contributed by atoms with Crippen LogP contribution in [0.25, 0.3) is 11.0 Å². The molecule has 4 aliphatic rings. The Kier molecular flexibility index (Phi) is 4.68. The maximum absolute atomic E-state index is 12.4. The first kappa shape index (κ1) is 18.5. The number of H-pyrrole nitrogens is 1. The fourth-order valence-corrected chi connectivity index (χ4v) is 6.20. The summed E-state index contributed by atoms with van der Waals surface area (Å²) in [6, 6.07) is 7.65. The van der Waals surface area contributed by atoms with Gasteiger partial charge in [0.15, 0.2) is 0 Å². The molecule has 0 unspecified atom stereocenters. The minimum absolute atomic E-state index is 0.00237. The Labute approximate surface area is 170 Å². The van der Waals surface area contributed by atoms with Gasteiger partial charge in [0.25, 0.3) is 0 Å². The van der Waals surface area contributed by atoms with E-state index in [2.05, 4.69) is 25.9 Å². The summed E-state index contributed by atoms with van der Waals surface area (Å²) >= 11 is 0. The Morgan fingerprint density at radius 3 is 2.41 bits per heavy atom. The van der Waals surface area contributed by atoms with Crippen LogP contribution in [0.4, 0.5) is 4.79 Å². The van der Waals surface area contributed by atoms with Crippen LogP contribution in [0, 0.1) is 17.8 Å². The van der Waals surface area contributed by atoms with Crippen LogP contribution in [-0.4, -0.2) is 34.0 Å². The smallest absolute Gasteiger partial charge is 0.315 e. The van der Waals surface area contributed by atoms with Crippen molar-refractivity contribution in [2.75, 3.05) is 6.54 Å². The second-order valence-electron chi connectivity index (χ2n) is 9.31. The average Bonchev–Trinajstić information content (AvgIpc) is 3.08. The normalized spacial score (nSPS) is 29.7. The number of aromatic amines is 1. The SMILES string of the molecule is O=C(CCNC(=O)NC12CC3CC(CC(C3)C1)C2)NCc1nc2ccccc2[nH]1. The molecule has 4 saturated carbocycles. The van der Waals surface area contributed by atoms with E-state index in [1.54, 1.807) is 0 Å². The van der Waals surface area contributed by atoms with Crippen LogP contribution >= 0.6 is 0 Å². The van der Waals surface area contributed by atoms with Gasteiger partial charge in [-0.05, 0) is 68.4 Å². The molecule has 29 heavy (non-hydrogen) atoms. The molecule has 0 saturated heterocycles. The number of nitrogens with zero attached hydrogens (tertiary/aromatic N) is 1. The number of imidazole rings is 1. The Bertz CT molecular complexity index is 853. The molecule has 4 fully saturated rings. The van der Waals surface area contributed by atoms with Crippen molar-refractivity contribution in [1.82, 2.24) is 25.9 Å². The van der Waals surface area contributed by atoms with Crippen molar-refractivity contribution in [3.8, 4) is 0 Å². The summed E-state index contributed by atoms with van der Waals surface area (Å²) in [5, 5.41) is 9.00. The highest BCUT2D eigenvalue weighted by atomic mass is 16.2. The van der Waals surface area contributed by atoms with Crippen LogP contribution in [-0.2, 0) is 11.3 Å². The van der Waals surface area contributed by atoms with Crippen LogP contribution in [0.3, 0.4) is 0 Å². The molecule has 7 nitrogen and oxygen atoms in total. The van der Waals surface area contributed by atoms with Crippen LogP contribution < -0.4 is 16.0 Å². The van der Waals surface area contributed by atoms with Crippen molar-refractivity contribution in [3.05, 3.63) is 30.1 Å². The summed E-state index contributed by atoms with van der Waals surface area (Å²) in [4.78, 5) is 32.2. The number of hydrogen-bond donors (Lipinski definition) is 4. The predicted octanol–water partition coefficient (Wildman–Crippen LogP) is 2.84. The standard InChI is InChI=1S/C22H29N5O2/c28-20(24-13-19-25-17-3-1-2-4-18(17)26-19)5-6-23-21(29)27-22-10-14-7-15(11-22)9-16(8-14)12-22/h1-4,14-16H,5-13H2,(H,24,28)(H,25,26)(H2,23,27,29). The highest BCUT2D eigenvalue weighted by molar-refractivity contribution is 5.79. The number of carbonyl (C=O) groups excluding carboxylic acids is 2. The van der Waals surface area contributed by atoms with Gasteiger partial charge in [-0.3, -0.25) is 4.79 Å². The zero-order valence-corrected chi connectivity index (χ0v) is 16.7. The molecular formula is C22H29N5O2. The third kappa shape index (κ3) is 3.95. The van der Waals surface area contributed by atoms with Gasteiger partial charge in [0.1, 0.15) is 5.82 Å². The first-order valence-corrected chi connectivity index (χ1v) is 10.8. The van der Waals surface area contributed by atoms with Crippen LogP contribution in [0.5, 0.6) is 0 Å². The highest BCUT2D eigenvalue weighted by Crippen LogP contribution is 2.55. The molecule has 0 radical (unpaired) electrons. The Morgan fingerprint density at radius 1 is 1.03 bits per heavy atom. The second-order valence-corrected chi connectivity index (χ2v) is 9.31. The van der Waals surface area contributed by atoms with Crippen LogP contribution in [0.1, 0.15) is 50.8 Å². The summed E-state index contributed by atoms with van der Waals surface area (Å²) in [7, 11) is 0. The number of benzene rings is 1. The molecule has 0 aliphatic heterocycles. The number of para-hydroxylation sites is 2. The molecule has 4 aliphatic carbocycles. The van der Waals surface area contributed by atoms with Gasteiger partial charge < -0.3 is 20.9 Å². The Hall–Kier alpha value is -2.57. The van der Waals surface area contributed by atoms with Crippen molar-refractivity contribution in [3.63, 3.8) is 0 Å². The lowest BCUT2D eigenvalue weighted by Gasteiger charge is -2.56. The molecule has 1 aromatic carbocycles. The van der Waals surface area contributed by atoms with Crippen molar-refractivity contribution >= 4 is 23.0 Å². The van der Waals surface area contributed by atoms with Gasteiger partial charge in [-0.15, -0.1) is 0 Å². The lowest BCUT2D eigenvalue weighted by molar-refractivity contribution is -0.121. The van der Waals surface area contributed by atoms with Crippen LogP contribution in [0.2, 0.25) is 0 Å². The van der Waals surface area contributed by atoms with Gasteiger partial charge in [-0.2, -0.15) is 0 Å². The van der Waals surface area contributed by atoms with Crippen molar-refractivity contribution in [2.45, 2.75) is 57.0 Å². The van der Waals surface area contributed by atoms with E-state index in [-0.39, 0.29) is 23.9 Å². The summed E-state index contributed by atoms with van der Waals surface area (Å²) in [5.74, 6) is 3.02. The Balaban J connectivity index is 1.04. The molecule has 1 heterocycles. The summed E-state index contributed by atoms with van der Waals surface area (Å²) in [6.07, 6.45) is 7.71. The van der Waals surface area contributed by atoms with Gasteiger partial charge in [0.2, 0.25) is 5.91 Å². The summed E-state index contributed by atoms with van der Waals surface area (Å²) in [6.45, 7) is 0.692. The number of hydrogen-bond acceptors (Lipinski definition) is 3. The number of urea groups is 1. The van der Waals surface area contributed by atoms with E-state index in [0.29, 0.717) is 13.1 Å². The fourth-order valence-electron chi connectivity index (χ4n) is 6.20. The van der Waals surface area contributed by atoms with Gasteiger partial charge in [-0.25, -0.2) is 9.78 Å². The summed E-state index contributed by atoms with van der Waals surface area (Å²) < 4.78 is 0. The number of aromatic nitrogens is 2. The highest BCUT2D eigenvalue weighted by Gasteiger charge is 2.51. The van der Waals surface area contributed by atoms with E-state index in [9.17, 15) is 9.59 Å². The van der Waals surface area contributed by atoms with Crippen molar-refractivity contribution < 1.29 is 9.59 Å². The van der Waals surface area contributed by atoms with Gasteiger partial charge in [0.05, 0.1) is 17.6 Å². The number of nitrogens with one attached hydrogen (secondary N) is 4. The number of carbonyl (C=O) groups is 2. The van der Waals surface area contributed by atoms with E-state index in [1.807, 2.05) is 24.3 Å². The molecule has 6 rings (SSSR count). The number of rotatable bonds is 6. The average molecular weight is 396 g/mol. The Morgan fingerprint density at radius 2 is 1.72 bits per heavy atom. The van der Waals surface area contributed by atoms with Gasteiger partial charge in [-0.1, -0.05) is 12.1 Å². The maximum atomic E-state index is 12.4. The van der Waals surface area contributed by atoms with Crippen LogP contribution in [0.15, 0.2) is 24.3 Å². The quantitative estimate of drug-likeness (QED) is 0.605. The molecule has 7 heteroatoms. The van der Waals surface area contributed by atoms with E-state index in [0.717, 1.165) is 53.9 Å². The molecule has 3 amide bonds. The molecule has 4 N–H and O–H groups in total.